The van der Waals surface area contributed by atoms with Crippen molar-refractivity contribution >= 4 is 45.9 Å². The zero-order chi connectivity index (χ0) is 16.8. The number of carbonyl (C=O) groups excluding carboxylic acids is 1. The van der Waals surface area contributed by atoms with Gasteiger partial charge < -0.3 is 5.32 Å². The third-order valence-corrected chi connectivity index (χ3v) is 3.89. The SMILES string of the molecule is CCc1cc(I)ccc1NC(=O)/C=C/c1cccc([N+](=O)[O-])c1. The number of aryl methyl sites for hydroxylation is 1. The number of nitro groups is 1. The number of rotatable bonds is 5. The van der Waals surface area contributed by atoms with Gasteiger partial charge in [-0.15, -0.1) is 0 Å². The van der Waals surface area contributed by atoms with E-state index in [1.807, 2.05) is 25.1 Å². The van der Waals surface area contributed by atoms with E-state index in [1.54, 1.807) is 18.2 Å². The first-order valence-electron chi connectivity index (χ1n) is 7.01. The standard InChI is InChI=1S/C17H15IN2O3/c1-2-13-11-14(18)7-8-16(13)19-17(21)9-6-12-4-3-5-15(10-12)20(22)23/h3-11H,2H2,1H3,(H,19,21)/b9-6+. The molecule has 2 aromatic carbocycles. The Balaban J connectivity index is 2.10. The van der Waals surface area contributed by atoms with Crippen LogP contribution in [0.5, 0.6) is 0 Å². The van der Waals surface area contributed by atoms with E-state index in [9.17, 15) is 14.9 Å². The summed E-state index contributed by atoms with van der Waals surface area (Å²) < 4.78 is 1.12. The second-order valence-corrected chi connectivity index (χ2v) is 6.08. The topological polar surface area (TPSA) is 72.2 Å². The highest BCUT2D eigenvalue weighted by Crippen LogP contribution is 2.20. The highest BCUT2D eigenvalue weighted by atomic mass is 127. The maximum atomic E-state index is 12.0. The molecule has 0 saturated heterocycles. The number of nitrogens with one attached hydrogen (secondary N) is 1. The van der Waals surface area contributed by atoms with Crippen molar-refractivity contribution in [3.05, 3.63) is 73.4 Å². The molecule has 1 amide bonds. The number of anilines is 1. The molecule has 0 atom stereocenters. The molecule has 0 bridgehead atoms. The van der Waals surface area contributed by atoms with Crippen LogP contribution in [-0.4, -0.2) is 10.8 Å². The predicted octanol–water partition coefficient (Wildman–Crippen LogP) is 4.41. The van der Waals surface area contributed by atoms with Crippen molar-refractivity contribution in [2.24, 2.45) is 0 Å². The number of hydrogen-bond acceptors (Lipinski definition) is 3. The maximum Gasteiger partial charge on any atom is 0.270 e. The fourth-order valence-corrected chi connectivity index (χ4v) is 2.62. The van der Waals surface area contributed by atoms with Gasteiger partial charge in [0.25, 0.3) is 5.69 Å². The number of halogens is 1. The minimum absolute atomic E-state index is 0.00142. The lowest BCUT2D eigenvalue weighted by Gasteiger charge is -2.08. The van der Waals surface area contributed by atoms with Gasteiger partial charge in [-0.1, -0.05) is 19.1 Å². The average molecular weight is 422 g/mol. The number of amides is 1. The largest absolute Gasteiger partial charge is 0.322 e. The molecule has 0 saturated carbocycles. The van der Waals surface area contributed by atoms with Crippen molar-refractivity contribution in [1.82, 2.24) is 0 Å². The van der Waals surface area contributed by atoms with Crippen molar-refractivity contribution < 1.29 is 9.72 Å². The Hall–Kier alpha value is -2.22. The van der Waals surface area contributed by atoms with Gasteiger partial charge >= 0.3 is 0 Å². The number of carbonyl (C=O) groups is 1. The molecule has 0 aliphatic heterocycles. The number of nitro benzene ring substituents is 1. The summed E-state index contributed by atoms with van der Waals surface area (Å²) in [6.07, 6.45) is 3.75. The average Bonchev–Trinajstić information content (AvgIpc) is 2.54. The fraction of sp³-hybridized carbons (Fsp3) is 0.118. The molecule has 23 heavy (non-hydrogen) atoms. The third kappa shape index (κ3) is 4.88. The van der Waals surface area contributed by atoms with Gasteiger partial charge in [-0.05, 0) is 64.4 Å². The van der Waals surface area contributed by atoms with Gasteiger partial charge in [0.05, 0.1) is 4.92 Å². The quantitative estimate of drug-likeness (QED) is 0.336. The van der Waals surface area contributed by atoms with Crippen LogP contribution in [0.1, 0.15) is 18.1 Å². The third-order valence-electron chi connectivity index (χ3n) is 3.21. The van der Waals surface area contributed by atoms with Gasteiger partial charge in [-0.25, -0.2) is 0 Å². The van der Waals surface area contributed by atoms with Crippen LogP contribution in [0, 0.1) is 13.7 Å². The van der Waals surface area contributed by atoms with E-state index in [2.05, 4.69) is 27.9 Å². The summed E-state index contributed by atoms with van der Waals surface area (Å²) in [5.41, 5.74) is 2.45. The van der Waals surface area contributed by atoms with Gasteiger partial charge in [-0.2, -0.15) is 0 Å². The number of non-ortho nitro benzene ring substituents is 1. The van der Waals surface area contributed by atoms with E-state index in [0.717, 1.165) is 21.2 Å². The highest BCUT2D eigenvalue weighted by Gasteiger charge is 2.06. The molecular formula is C17H15IN2O3. The lowest BCUT2D eigenvalue weighted by molar-refractivity contribution is -0.384. The normalized spacial score (nSPS) is 10.7. The summed E-state index contributed by atoms with van der Waals surface area (Å²) in [4.78, 5) is 22.3. The van der Waals surface area contributed by atoms with E-state index < -0.39 is 4.92 Å². The molecule has 0 aromatic heterocycles. The summed E-state index contributed by atoms with van der Waals surface area (Å²) >= 11 is 2.23. The predicted molar refractivity (Wildman–Crippen MR) is 99.3 cm³/mol. The molecule has 6 heteroatoms. The van der Waals surface area contributed by atoms with E-state index in [-0.39, 0.29) is 11.6 Å². The summed E-state index contributed by atoms with van der Waals surface area (Å²) in [5, 5.41) is 13.6. The van der Waals surface area contributed by atoms with Gasteiger partial charge in [0, 0.05) is 27.5 Å². The van der Waals surface area contributed by atoms with Crippen LogP contribution in [0.15, 0.2) is 48.5 Å². The van der Waals surface area contributed by atoms with Crippen molar-refractivity contribution in [2.75, 3.05) is 5.32 Å². The molecule has 0 unspecified atom stereocenters. The lowest BCUT2D eigenvalue weighted by Crippen LogP contribution is -2.09. The van der Waals surface area contributed by atoms with E-state index >= 15 is 0 Å². The van der Waals surface area contributed by atoms with Gasteiger partial charge in [0.1, 0.15) is 0 Å². The van der Waals surface area contributed by atoms with Gasteiger partial charge in [0.15, 0.2) is 0 Å². The molecule has 0 heterocycles. The Morgan fingerprint density at radius 2 is 2.09 bits per heavy atom. The number of hydrogen-bond donors (Lipinski definition) is 1. The van der Waals surface area contributed by atoms with Gasteiger partial charge in [0.2, 0.25) is 5.91 Å². The van der Waals surface area contributed by atoms with Crippen LogP contribution < -0.4 is 5.32 Å². The first-order valence-corrected chi connectivity index (χ1v) is 8.09. The zero-order valence-corrected chi connectivity index (χ0v) is 14.6. The van der Waals surface area contributed by atoms with Crippen LogP contribution in [0.25, 0.3) is 6.08 Å². The zero-order valence-electron chi connectivity index (χ0n) is 12.5. The molecule has 0 radical (unpaired) electrons. The monoisotopic (exact) mass is 422 g/mol. The number of benzene rings is 2. The highest BCUT2D eigenvalue weighted by molar-refractivity contribution is 14.1. The first-order chi connectivity index (χ1) is 11.0. The van der Waals surface area contributed by atoms with Crippen molar-refractivity contribution in [2.45, 2.75) is 13.3 Å². The lowest BCUT2D eigenvalue weighted by atomic mass is 10.1. The Kier molecular flexibility index (Phi) is 5.86. The summed E-state index contributed by atoms with van der Waals surface area (Å²) in [7, 11) is 0. The van der Waals surface area contributed by atoms with E-state index in [4.69, 9.17) is 0 Å². The van der Waals surface area contributed by atoms with Crippen molar-refractivity contribution in [1.29, 1.82) is 0 Å². The molecule has 1 N–H and O–H groups in total. The molecule has 0 aliphatic rings. The molecular weight excluding hydrogens is 407 g/mol. The second kappa shape index (κ2) is 7.87. The Bertz CT molecular complexity index is 772. The fourth-order valence-electron chi connectivity index (χ4n) is 2.07. The number of nitrogens with zero attached hydrogens (tertiary/aromatic N) is 1. The Labute approximate surface area is 147 Å². The van der Waals surface area contributed by atoms with E-state index in [0.29, 0.717) is 5.56 Å². The van der Waals surface area contributed by atoms with E-state index in [1.165, 1.54) is 18.2 Å². The molecule has 0 spiro atoms. The second-order valence-electron chi connectivity index (χ2n) is 4.83. The van der Waals surface area contributed by atoms with Crippen LogP contribution in [-0.2, 0) is 11.2 Å². The van der Waals surface area contributed by atoms with Crippen LogP contribution in [0.2, 0.25) is 0 Å². The van der Waals surface area contributed by atoms with Crippen LogP contribution in [0.3, 0.4) is 0 Å². The van der Waals surface area contributed by atoms with Crippen LogP contribution in [0.4, 0.5) is 11.4 Å². The molecule has 0 aliphatic carbocycles. The minimum atomic E-state index is -0.462. The summed E-state index contributed by atoms with van der Waals surface area (Å²) in [6, 6.07) is 12.0. The first kappa shape index (κ1) is 17.1. The van der Waals surface area contributed by atoms with Gasteiger partial charge in [-0.3, -0.25) is 14.9 Å². The Morgan fingerprint density at radius 1 is 1.30 bits per heavy atom. The Morgan fingerprint density at radius 3 is 2.78 bits per heavy atom. The summed E-state index contributed by atoms with van der Waals surface area (Å²) in [5.74, 6) is -0.271. The minimum Gasteiger partial charge on any atom is -0.322 e. The molecule has 5 nitrogen and oxygen atoms in total. The molecule has 2 rings (SSSR count). The van der Waals surface area contributed by atoms with Crippen molar-refractivity contribution in [3.8, 4) is 0 Å². The molecule has 0 fully saturated rings. The smallest absolute Gasteiger partial charge is 0.270 e. The van der Waals surface area contributed by atoms with Crippen LogP contribution >= 0.6 is 22.6 Å². The van der Waals surface area contributed by atoms with Crippen molar-refractivity contribution in [3.63, 3.8) is 0 Å². The molecule has 2 aromatic rings. The summed E-state index contributed by atoms with van der Waals surface area (Å²) in [6.45, 7) is 2.03. The maximum absolute atomic E-state index is 12.0. The molecule has 118 valence electrons.